The van der Waals surface area contributed by atoms with E-state index in [-0.39, 0.29) is 5.82 Å². The molecule has 5 rings (SSSR count). The van der Waals surface area contributed by atoms with E-state index in [0.29, 0.717) is 28.7 Å². The Morgan fingerprint density at radius 1 is 0.781 bits per heavy atom. The maximum absolute atomic E-state index is 14.7. The lowest BCUT2D eigenvalue weighted by atomic mass is 9.85. The second-order valence-electron chi connectivity index (χ2n) is 8.98. The van der Waals surface area contributed by atoms with Crippen LogP contribution in [0.5, 0.6) is 0 Å². The summed E-state index contributed by atoms with van der Waals surface area (Å²) >= 11 is 0. The van der Waals surface area contributed by atoms with E-state index in [1.807, 2.05) is 36.5 Å². The van der Waals surface area contributed by atoms with Crippen molar-refractivity contribution in [1.82, 2.24) is 4.98 Å². The summed E-state index contributed by atoms with van der Waals surface area (Å²) in [6.07, 6.45) is 1.81. The molecule has 0 bridgehead atoms. The number of furan rings is 1. The van der Waals surface area contributed by atoms with Gasteiger partial charge in [0.15, 0.2) is 0 Å². The molecule has 2 aromatic heterocycles. The van der Waals surface area contributed by atoms with Crippen LogP contribution in [0.4, 0.5) is 4.39 Å². The highest BCUT2D eigenvalue weighted by Crippen LogP contribution is 2.39. The molecule has 3 aromatic carbocycles. The highest BCUT2D eigenvalue weighted by Gasteiger charge is 2.19. The van der Waals surface area contributed by atoms with Gasteiger partial charge in [0.1, 0.15) is 17.0 Å². The van der Waals surface area contributed by atoms with Gasteiger partial charge in [-0.2, -0.15) is 0 Å². The number of hydrogen-bond acceptors (Lipinski definition) is 2. The van der Waals surface area contributed by atoms with Crippen LogP contribution in [0.15, 0.2) is 77.3 Å². The Kier molecular flexibility index (Phi) is 5.05. The molecule has 2 nitrogen and oxygen atoms in total. The number of nitrogens with zero attached hydrogens (tertiary/aromatic N) is 1. The molecule has 2 heterocycles. The maximum Gasteiger partial charge on any atom is 0.145 e. The minimum Gasteiger partial charge on any atom is -0.455 e. The Balaban J connectivity index is 1.76. The van der Waals surface area contributed by atoms with E-state index in [1.165, 1.54) is 22.8 Å². The van der Waals surface area contributed by atoms with Crippen LogP contribution in [0.3, 0.4) is 0 Å². The van der Waals surface area contributed by atoms with Gasteiger partial charge in [-0.1, -0.05) is 64.1 Å². The lowest BCUT2D eigenvalue weighted by Crippen LogP contribution is -2.00. The summed E-state index contributed by atoms with van der Waals surface area (Å²) in [6, 6.07) is 21.5. The predicted molar refractivity (Wildman–Crippen MR) is 131 cm³/mol. The summed E-state index contributed by atoms with van der Waals surface area (Å²) in [5.74, 6) is 0.477. The van der Waals surface area contributed by atoms with Gasteiger partial charge in [-0.3, -0.25) is 4.98 Å². The molecule has 5 aromatic rings. The SMILES string of the molecule is CC(C)c1cccc(C(C)C)c1-c1ccnc(-c2cc(F)cc3c2oc2ccccc23)c1. The van der Waals surface area contributed by atoms with E-state index in [0.717, 1.165) is 21.9 Å². The van der Waals surface area contributed by atoms with Crippen molar-refractivity contribution in [3.63, 3.8) is 0 Å². The summed E-state index contributed by atoms with van der Waals surface area (Å²) in [7, 11) is 0. The van der Waals surface area contributed by atoms with Crippen molar-refractivity contribution in [2.24, 2.45) is 0 Å². The monoisotopic (exact) mass is 423 g/mol. The molecule has 32 heavy (non-hydrogen) atoms. The quantitative estimate of drug-likeness (QED) is 0.289. The smallest absolute Gasteiger partial charge is 0.145 e. The molecule has 0 saturated heterocycles. The van der Waals surface area contributed by atoms with E-state index in [4.69, 9.17) is 4.42 Å². The molecule has 0 aliphatic heterocycles. The molecule has 0 aliphatic carbocycles. The van der Waals surface area contributed by atoms with Gasteiger partial charge in [0, 0.05) is 22.5 Å². The van der Waals surface area contributed by atoms with Gasteiger partial charge in [0.2, 0.25) is 0 Å². The minimum absolute atomic E-state index is 0.295. The van der Waals surface area contributed by atoms with E-state index >= 15 is 0 Å². The number of pyridine rings is 1. The Labute approximate surface area is 187 Å². The number of fused-ring (bicyclic) bond motifs is 3. The van der Waals surface area contributed by atoms with Crippen molar-refractivity contribution in [3.8, 4) is 22.4 Å². The van der Waals surface area contributed by atoms with E-state index in [2.05, 4.69) is 56.9 Å². The molecule has 0 unspecified atom stereocenters. The number of hydrogen-bond donors (Lipinski definition) is 0. The molecule has 0 saturated carbocycles. The molecular formula is C29H26FNO. The largest absolute Gasteiger partial charge is 0.455 e. The molecule has 160 valence electrons. The third-order valence-electron chi connectivity index (χ3n) is 6.14. The van der Waals surface area contributed by atoms with Crippen LogP contribution >= 0.6 is 0 Å². The van der Waals surface area contributed by atoms with Crippen LogP contribution in [-0.2, 0) is 0 Å². The standard InChI is InChI=1S/C29H26FNO/c1-17(2)21-9-7-10-22(18(3)4)28(21)19-12-13-31-26(14-19)25-16-20(30)15-24-23-8-5-6-11-27(23)32-29(24)25/h5-18H,1-4H3. The van der Waals surface area contributed by atoms with Crippen molar-refractivity contribution >= 4 is 21.9 Å². The normalized spacial score (nSPS) is 11.8. The first-order valence-corrected chi connectivity index (χ1v) is 11.1. The fraction of sp³-hybridized carbons (Fsp3) is 0.207. The molecule has 0 fully saturated rings. The average molecular weight is 424 g/mol. The molecule has 0 atom stereocenters. The Morgan fingerprint density at radius 3 is 2.22 bits per heavy atom. The van der Waals surface area contributed by atoms with E-state index in [1.54, 1.807) is 6.07 Å². The summed E-state index contributed by atoms with van der Waals surface area (Å²) < 4.78 is 20.8. The highest BCUT2D eigenvalue weighted by atomic mass is 19.1. The second kappa shape index (κ2) is 7.90. The Bertz CT molecular complexity index is 1420. The number of aromatic nitrogens is 1. The zero-order valence-corrected chi connectivity index (χ0v) is 18.8. The summed E-state index contributed by atoms with van der Waals surface area (Å²) in [6.45, 7) is 8.87. The zero-order valence-electron chi connectivity index (χ0n) is 18.8. The van der Waals surface area contributed by atoms with Gasteiger partial charge < -0.3 is 4.42 Å². The average Bonchev–Trinajstić information content (AvgIpc) is 3.16. The lowest BCUT2D eigenvalue weighted by molar-refractivity contribution is 0.627. The third-order valence-corrected chi connectivity index (χ3v) is 6.14. The molecule has 0 aliphatic rings. The van der Waals surface area contributed by atoms with E-state index < -0.39 is 0 Å². The third kappa shape index (κ3) is 3.38. The van der Waals surface area contributed by atoms with Crippen LogP contribution in [0.2, 0.25) is 0 Å². The van der Waals surface area contributed by atoms with Crippen molar-refractivity contribution in [1.29, 1.82) is 0 Å². The van der Waals surface area contributed by atoms with Crippen molar-refractivity contribution < 1.29 is 8.81 Å². The zero-order chi connectivity index (χ0) is 22.4. The van der Waals surface area contributed by atoms with Crippen LogP contribution < -0.4 is 0 Å². The molecule has 0 radical (unpaired) electrons. The lowest BCUT2D eigenvalue weighted by Gasteiger charge is -2.20. The topological polar surface area (TPSA) is 26.0 Å². The number of para-hydroxylation sites is 1. The summed E-state index contributed by atoms with van der Waals surface area (Å²) in [5.41, 5.74) is 7.75. The Morgan fingerprint density at radius 2 is 1.50 bits per heavy atom. The molecule has 0 N–H and O–H groups in total. The van der Waals surface area contributed by atoms with Crippen LogP contribution in [0, 0.1) is 5.82 Å². The van der Waals surface area contributed by atoms with Crippen molar-refractivity contribution in [3.05, 3.63) is 89.9 Å². The van der Waals surface area contributed by atoms with Gasteiger partial charge in [0.25, 0.3) is 0 Å². The van der Waals surface area contributed by atoms with Gasteiger partial charge in [-0.25, -0.2) is 4.39 Å². The molecule has 0 spiro atoms. The fourth-order valence-electron chi connectivity index (χ4n) is 4.60. The first-order chi connectivity index (χ1) is 15.4. The van der Waals surface area contributed by atoms with Gasteiger partial charge in [-0.05, 0) is 64.4 Å². The van der Waals surface area contributed by atoms with E-state index in [9.17, 15) is 4.39 Å². The maximum atomic E-state index is 14.7. The van der Waals surface area contributed by atoms with Gasteiger partial charge in [0.05, 0.1) is 5.69 Å². The van der Waals surface area contributed by atoms with Crippen LogP contribution in [0.25, 0.3) is 44.3 Å². The number of rotatable bonds is 4. The van der Waals surface area contributed by atoms with Crippen molar-refractivity contribution in [2.75, 3.05) is 0 Å². The first kappa shape index (κ1) is 20.4. The van der Waals surface area contributed by atoms with Crippen molar-refractivity contribution in [2.45, 2.75) is 39.5 Å². The predicted octanol–water partition coefficient (Wildman–Crippen LogP) is 8.70. The minimum atomic E-state index is -0.295. The molecule has 0 amide bonds. The van der Waals surface area contributed by atoms with Gasteiger partial charge in [-0.15, -0.1) is 0 Å². The second-order valence-corrected chi connectivity index (χ2v) is 8.98. The Hall–Kier alpha value is -3.46. The highest BCUT2D eigenvalue weighted by molar-refractivity contribution is 6.09. The number of halogens is 1. The van der Waals surface area contributed by atoms with Crippen LogP contribution in [0.1, 0.15) is 50.7 Å². The first-order valence-electron chi connectivity index (χ1n) is 11.1. The van der Waals surface area contributed by atoms with Gasteiger partial charge >= 0.3 is 0 Å². The van der Waals surface area contributed by atoms with Crippen LogP contribution in [-0.4, -0.2) is 4.98 Å². The summed E-state index contributed by atoms with van der Waals surface area (Å²) in [4.78, 5) is 4.62. The number of benzene rings is 3. The summed E-state index contributed by atoms with van der Waals surface area (Å²) in [5, 5.41) is 1.68. The molecule has 3 heteroatoms. The molecular weight excluding hydrogens is 397 g/mol. The fourth-order valence-corrected chi connectivity index (χ4v) is 4.60.